The molecule has 0 aromatic heterocycles. The number of rotatable bonds is 4. The molecule has 25 heavy (non-hydrogen) atoms. The fraction of sp³-hybridized carbons (Fsp3) is 0.211. The Morgan fingerprint density at radius 2 is 1.84 bits per heavy atom. The number of nitrogens with one attached hydrogen (secondary N) is 2. The summed E-state index contributed by atoms with van der Waals surface area (Å²) < 4.78 is 0. The lowest BCUT2D eigenvalue weighted by molar-refractivity contribution is -0.118. The number of para-hydroxylation sites is 1. The molecule has 1 atom stereocenters. The van der Waals surface area contributed by atoms with Gasteiger partial charge in [-0.15, -0.1) is 0 Å². The van der Waals surface area contributed by atoms with Crippen LogP contribution in [0.4, 0.5) is 16.2 Å². The third-order valence-corrected chi connectivity index (χ3v) is 4.11. The Morgan fingerprint density at radius 3 is 2.56 bits per heavy atom. The maximum atomic E-state index is 12.5. The Balaban J connectivity index is 1.61. The molecule has 2 aromatic carbocycles. The van der Waals surface area contributed by atoms with E-state index < -0.39 is 12.1 Å². The molecule has 0 aliphatic carbocycles. The lowest BCUT2D eigenvalue weighted by Crippen LogP contribution is -2.43. The van der Waals surface area contributed by atoms with Gasteiger partial charge in [-0.2, -0.15) is 0 Å². The van der Waals surface area contributed by atoms with Gasteiger partial charge in [-0.1, -0.05) is 30.3 Å². The van der Waals surface area contributed by atoms with Gasteiger partial charge >= 0.3 is 6.03 Å². The number of benzene rings is 2. The molecule has 1 aliphatic rings. The zero-order chi connectivity index (χ0) is 17.8. The van der Waals surface area contributed by atoms with Crippen molar-refractivity contribution in [1.29, 1.82) is 0 Å². The van der Waals surface area contributed by atoms with Gasteiger partial charge in [0, 0.05) is 23.5 Å². The number of hydrogen-bond donors (Lipinski definition) is 2. The van der Waals surface area contributed by atoms with Crippen LogP contribution in [0.15, 0.2) is 54.6 Å². The molecule has 0 bridgehead atoms. The summed E-state index contributed by atoms with van der Waals surface area (Å²) in [5.41, 5.74) is 1.85. The van der Waals surface area contributed by atoms with Gasteiger partial charge in [0.05, 0.1) is 0 Å². The average molecular weight is 337 g/mol. The van der Waals surface area contributed by atoms with E-state index in [9.17, 15) is 14.4 Å². The lowest BCUT2D eigenvalue weighted by Gasteiger charge is -2.17. The minimum atomic E-state index is -0.559. The summed E-state index contributed by atoms with van der Waals surface area (Å²) in [6, 6.07) is 15.0. The first-order valence-electron chi connectivity index (χ1n) is 8.09. The van der Waals surface area contributed by atoms with Gasteiger partial charge in [0.15, 0.2) is 5.78 Å². The van der Waals surface area contributed by atoms with Crippen molar-refractivity contribution in [3.63, 3.8) is 0 Å². The summed E-state index contributed by atoms with van der Waals surface area (Å²) in [6.45, 7) is 2.03. The number of Topliss-reactive ketones (excluding diaryl/α,β-unsaturated/α-hetero) is 1. The molecule has 1 unspecified atom stereocenters. The van der Waals surface area contributed by atoms with Crippen LogP contribution in [-0.4, -0.2) is 30.3 Å². The number of carbonyl (C=O) groups is 3. The van der Waals surface area contributed by atoms with Gasteiger partial charge in [0.25, 0.3) is 0 Å². The van der Waals surface area contributed by atoms with E-state index in [0.29, 0.717) is 24.2 Å². The molecule has 3 rings (SSSR count). The molecular weight excluding hydrogens is 318 g/mol. The number of carbonyl (C=O) groups excluding carboxylic acids is 3. The molecule has 0 spiro atoms. The Labute approximate surface area is 145 Å². The molecule has 2 aromatic rings. The second kappa shape index (κ2) is 7.17. The zero-order valence-corrected chi connectivity index (χ0v) is 13.9. The Bertz CT molecular complexity index is 805. The SMILES string of the molecule is CC(=O)c1cccc(NC(=O)NC2CCN(c3ccccc3)C2=O)c1. The van der Waals surface area contributed by atoms with Crippen LogP contribution in [0.2, 0.25) is 0 Å². The maximum Gasteiger partial charge on any atom is 0.319 e. The fourth-order valence-corrected chi connectivity index (χ4v) is 2.82. The highest BCUT2D eigenvalue weighted by Crippen LogP contribution is 2.21. The van der Waals surface area contributed by atoms with Crippen LogP contribution in [0, 0.1) is 0 Å². The normalized spacial score (nSPS) is 16.6. The molecule has 128 valence electrons. The number of nitrogens with zero attached hydrogens (tertiary/aromatic N) is 1. The van der Waals surface area contributed by atoms with Crippen LogP contribution in [0.3, 0.4) is 0 Å². The van der Waals surface area contributed by atoms with Crippen LogP contribution in [0.25, 0.3) is 0 Å². The molecular formula is C19H19N3O3. The van der Waals surface area contributed by atoms with Gasteiger partial charge < -0.3 is 15.5 Å². The molecule has 1 aliphatic heterocycles. The first kappa shape index (κ1) is 16.7. The molecule has 3 amide bonds. The standard InChI is InChI=1S/C19H19N3O3/c1-13(23)14-6-5-7-15(12-14)20-19(25)21-17-10-11-22(18(17)24)16-8-3-2-4-9-16/h2-9,12,17H,10-11H2,1H3,(H2,20,21,25). The second-order valence-corrected chi connectivity index (χ2v) is 5.90. The van der Waals surface area contributed by atoms with Crippen molar-refractivity contribution in [2.24, 2.45) is 0 Å². The zero-order valence-electron chi connectivity index (χ0n) is 13.9. The molecule has 1 heterocycles. The van der Waals surface area contributed by atoms with Crippen LogP contribution in [0.1, 0.15) is 23.7 Å². The van der Waals surface area contributed by atoms with Gasteiger partial charge in [0.2, 0.25) is 5.91 Å². The van der Waals surface area contributed by atoms with E-state index in [2.05, 4.69) is 10.6 Å². The van der Waals surface area contributed by atoms with Crippen molar-refractivity contribution in [1.82, 2.24) is 5.32 Å². The fourth-order valence-electron chi connectivity index (χ4n) is 2.82. The monoisotopic (exact) mass is 337 g/mol. The number of anilines is 2. The minimum Gasteiger partial charge on any atom is -0.326 e. The summed E-state index contributed by atoms with van der Waals surface area (Å²) in [7, 11) is 0. The van der Waals surface area contributed by atoms with Crippen molar-refractivity contribution < 1.29 is 14.4 Å². The highest BCUT2D eigenvalue weighted by molar-refractivity contribution is 6.03. The Hall–Kier alpha value is -3.15. The van der Waals surface area contributed by atoms with Crippen molar-refractivity contribution in [3.8, 4) is 0 Å². The topological polar surface area (TPSA) is 78.5 Å². The largest absolute Gasteiger partial charge is 0.326 e. The summed E-state index contributed by atoms with van der Waals surface area (Å²) in [5.74, 6) is -0.202. The molecule has 6 nitrogen and oxygen atoms in total. The number of urea groups is 1. The van der Waals surface area contributed by atoms with Crippen LogP contribution < -0.4 is 15.5 Å². The lowest BCUT2D eigenvalue weighted by atomic mass is 10.1. The van der Waals surface area contributed by atoms with E-state index >= 15 is 0 Å². The van der Waals surface area contributed by atoms with Crippen molar-refractivity contribution in [2.75, 3.05) is 16.8 Å². The van der Waals surface area contributed by atoms with Crippen LogP contribution in [0.5, 0.6) is 0 Å². The van der Waals surface area contributed by atoms with E-state index in [0.717, 1.165) is 5.69 Å². The number of ketones is 1. The number of amides is 3. The minimum absolute atomic E-state index is 0.0754. The molecule has 6 heteroatoms. The van der Waals surface area contributed by atoms with E-state index in [-0.39, 0.29) is 11.7 Å². The first-order chi connectivity index (χ1) is 12.0. The molecule has 1 fully saturated rings. The summed E-state index contributed by atoms with van der Waals surface area (Å²) in [4.78, 5) is 37.7. The molecule has 2 N–H and O–H groups in total. The van der Waals surface area contributed by atoms with Gasteiger partial charge in [-0.05, 0) is 37.6 Å². The highest BCUT2D eigenvalue weighted by Gasteiger charge is 2.33. The summed E-state index contributed by atoms with van der Waals surface area (Å²) >= 11 is 0. The second-order valence-electron chi connectivity index (χ2n) is 5.90. The van der Waals surface area contributed by atoms with Crippen molar-refractivity contribution >= 4 is 29.1 Å². The third-order valence-electron chi connectivity index (χ3n) is 4.11. The van der Waals surface area contributed by atoms with E-state index in [4.69, 9.17) is 0 Å². The smallest absolute Gasteiger partial charge is 0.319 e. The van der Waals surface area contributed by atoms with E-state index in [1.165, 1.54) is 6.92 Å². The molecule has 1 saturated heterocycles. The third kappa shape index (κ3) is 3.85. The number of hydrogen-bond acceptors (Lipinski definition) is 3. The summed E-state index contributed by atoms with van der Waals surface area (Å²) in [5, 5.41) is 5.37. The van der Waals surface area contributed by atoms with E-state index in [1.54, 1.807) is 29.2 Å². The predicted molar refractivity (Wildman–Crippen MR) is 95.8 cm³/mol. The van der Waals surface area contributed by atoms with Crippen molar-refractivity contribution in [3.05, 3.63) is 60.2 Å². The highest BCUT2D eigenvalue weighted by atomic mass is 16.2. The van der Waals surface area contributed by atoms with Gasteiger partial charge in [-0.3, -0.25) is 9.59 Å². The van der Waals surface area contributed by atoms with Crippen LogP contribution in [-0.2, 0) is 4.79 Å². The van der Waals surface area contributed by atoms with Crippen molar-refractivity contribution in [2.45, 2.75) is 19.4 Å². The predicted octanol–water partition coefficient (Wildman–Crippen LogP) is 2.82. The van der Waals surface area contributed by atoms with Gasteiger partial charge in [-0.25, -0.2) is 4.79 Å². The Kier molecular flexibility index (Phi) is 4.79. The quantitative estimate of drug-likeness (QED) is 0.842. The molecule has 0 radical (unpaired) electrons. The van der Waals surface area contributed by atoms with Crippen LogP contribution >= 0.6 is 0 Å². The summed E-state index contributed by atoms with van der Waals surface area (Å²) in [6.07, 6.45) is 0.550. The molecule has 0 saturated carbocycles. The van der Waals surface area contributed by atoms with E-state index in [1.807, 2.05) is 30.3 Å². The maximum absolute atomic E-state index is 12.5. The van der Waals surface area contributed by atoms with Gasteiger partial charge in [0.1, 0.15) is 6.04 Å². The Morgan fingerprint density at radius 1 is 1.08 bits per heavy atom. The average Bonchev–Trinajstić information content (AvgIpc) is 2.96. The first-order valence-corrected chi connectivity index (χ1v) is 8.09.